The molecule has 22 heavy (non-hydrogen) atoms. The number of rotatable bonds is 5. The lowest BCUT2D eigenvalue weighted by atomic mass is 10.2. The standard InChI is InChI=1S/C14H13BrN2O5/c1-20-10-5-8(6-11(21-2)13(10)18)7-16-17-14(19)9-3-4-12(15)22-9/h3-7,18H,1-2H3,(H,17,19). The largest absolute Gasteiger partial charge is 0.502 e. The maximum atomic E-state index is 11.7. The molecule has 0 atom stereocenters. The summed E-state index contributed by atoms with van der Waals surface area (Å²) in [4.78, 5) is 11.7. The maximum absolute atomic E-state index is 11.7. The number of phenols is 1. The number of methoxy groups -OCH3 is 2. The summed E-state index contributed by atoms with van der Waals surface area (Å²) in [7, 11) is 2.85. The molecule has 0 saturated carbocycles. The van der Waals surface area contributed by atoms with E-state index < -0.39 is 5.91 Å². The van der Waals surface area contributed by atoms with Crippen molar-refractivity contribution in [2.24, 2.45) is 5.10 Å². The van der Waals surface area contributed by atoms with E-state index in [1.165, 1.54) is 26.5 Å². The molecule has 1 aromatic heterocycles. The predicted octanol–water partition coefficient (Wildman–Crippen LogP) is 2.53. The van der Waals surface area contributed by atoms with Crippen molar-refractivity contribution in [3.63, 3.8) is 0 Å². The highest BCUT2D eigenvalue weighted by Gasteiger charge is 2.11. The monoisotopic (exact) mass is 368 g/mol. The highest BCUT2D eigenvalue weighted by atomic mass is 79.9. The van der Waals surface area contributed by atoms with Gasteiger partial charge in [0, 0.05) is 5.56 Å². The van der Waals surface area contributed by atoms with Crippen molar-refractivity contribution in [2.75, 3.05) is 14.2 Å². The Balaban J connectivity index is 2.11. The molecular weight excluding hydrogens is 356 g/mol. The molecular formula is C14H13BrN2O5. The third-order valence-corrected chi connectivity index (χ3v) is 3.11. The Kier molecular flexibility index (Phi) is 5.05. The number of furan rings is 1. The van der Waals surface area contributed by atoms with Crippen molar-refractivity contribution in [3.8, 4) is 17.2 Å². The molecule has 2 rings (SSSR count). The fourth-order valence-corrected chi connectivity index (χ4v) is 1.95. The van der Waals surface area contributed by atoms with Gasteiger partial charge >= 0.3 is 5.91 Å². The smallest absolute Gasteiger partial charge is 0.307 e. The van der Waals surface area contributed by atoms with Crippen LogP contribution in [0.15, 0.2) is 38.5 Å². The third-order valence-electron chi connectivity index (χ3n) is 2.68. The van der Waals surface area contributed by atoms with Gasteiger partial charge < -0.3 is 19.0 Å². The van der Waals surface area contributed by atoms with Crippen LogP contribution in [-0.4, -0.2) is 31.4 Å². The van der Waals surface area contributed by atoms with Gasteiger partial charge in [0.15, 0.2) is 21.9 Å². The van der Waals surface area contributed by atoms with E-state index in [-0.39, 0.29) is 23.0 Å². The van der Waals surface area contributed by atoms with E-state index in [9.17, 15) is 9.90 Å². The highest BCUT2D eigenvalue weighted by Crippen LogP contribution is 2.36. The van der Waals surface area contributed by atoms with Gasteiger partial charge in [-0.2, -0.15) is 5.10 Å². The number of benzene rings is 1. The fraction of sp³-hybridized carbons (Fsp3) is 0.143. The molecule has 0 unspecified atom stereocenters. The van der Waals surface area contributed by atoms with Gasteiger partial charge in [0.25, 0.3) is 0 Å². The van der Waals surface area contributed by atoms with Crippen LogP contribution in [0, 0.1) is 0 Å². The van der Waals surface area contributed by atoms with Gasteiger partial charge in [-0.3, -0.25) is 4.79 Å². The summed E-state index contributed by atoms with van der Waals surface area (Å²) in [5, 5.41) is 13.6. The van der Waals surface area contributed by atoms with E-state index in [0.29, 0.717) is 10.2 Å². The number of halogens is 1. The van der Waals surface area contributed by atoms with Crippen molar-refractivity contribution in [2.45, 2.75) is 0 Å². The van der Waals surface area contributed by atoms with Crippen molar-refractivity contribution in [1.29, 1.82) is 0 Å². The van der Waals surface area contributed by atoms with Crippen LogP contribution in [0.5, 0.6) is 17.2 Å². The SMILES string of the molecule is COc1cc(C=NNC(=O)c2ccc(Br)o2)cc(OC)c1O. The fourth-order valence-electron chi connectivity index (χ4n) is 1.65. The first-order valence-corrected chi connectivity index (χ1v) is 6.88. The van der Waals surface area contributed by atoms with E-state index >= 15 is 0 Å². The Morgan fingerprint density at radius 2 is 1.95 bits per heavy atom. The lowest BCUT2D eigenvalue weighted by molar-refractivity contribution is 0.0926. The Morgan fingerprint density at radius 3 is 2.45 bits per heavy atom. The van der Waals surface area contributed by atoms with Gasteiger partial charge in [-0.05, 0) is 40.2 Å². The summed E-state index contributed by atoms with van der Waals surface area (Å²) in [6.07, 6.45) is 1.39. The molecule has 1 amide bonds. The molecule has 0 bridgehead atoms. The van der Waals surface area contributed by atoms with E-state index in [4.69, 9.17) is 13.9 Å². The lowest BCUT2D eigenvalue weighted by Gasteiger charge is -2.09. The topological polar surface area (TPSA) is 93.3 Å². The van der Waals surface area contributed by atoms with Crippen LogP contribution < -0.4 is 14.9 Å². The zero-order valence-corrected chi connectivity index (χ0v) is 13.4. The molecule has 0 spiro atoms. The van der Waals surface area contributed by atoms with Gasteiger partial charge in [-0.1, -0.05) is 0 Å². The highest BCUT2D eigenvalue weighted by molar-refractivity contribution is 9.10. The Morgan fingerprint density at radius 1 is 1.32 bits per heavy atom. The first-order chi connectivity index (χ1) is 10.5. The third kappa shape index (κ3) is 3.59. The summed E-state index contributed by atoms with van der Waals surface area (Å²) < 4.78 is 15.6. The number of ether oxygens (including phenoxy) is 2. The summed E-state index contributed by atoms with van der Waals surface area (Å²) in [5.41, 5.74) is 2.90. The van der Waals surface area contributed by atoms with Gasteiger partial charge in [0.1, 0.15) is 0 Å². The van der Waals surface area contributed by atoms with Crippen LogP contribution in [0.3, 0.4) is 0 Å². The number of nitrogens with zero attached hydrogens (tertiary/aromatic N) is 1. The zero-order chi connectivity index (χ0) is 16.1. The molecule has 1 aromatic carbocycles. The molecule has 8 heteroatoms. The van der Waals surface area contributed by atoms with Crippen LogP contribution >= 0.6 is 15.9 Å². The molecule has 0 saturated heterocycles. The van der Waals surface area contributed by atoms with Crippen LogP contribution in [0.4, 0.5) is 0 Å². The number of carbonyl (C=O) groups excluding carboxylic acids is 1. The van der Waals surface area contributed by atoms with Crippen LogP contribution in [0.25, 0.3) is 0 Å². The molecule has 7 nitrogen and oxygen atoms in total. The Bertz CT molecular complexity index is 686. The number of phenolic OH excluding ortho intramolecular Hbond substituents is 1. The summed E-state index contributed by atoms with van der Waals surface area (Å²) in [5.74, 6) is 0.0142. The quantitative estimate of drug-likeness (QED) is 0.624. The molecule has 0 aliphatic rings. The summed E-state index contributed by atoms with van der Waals surface area (Å²) in [6, 6.07) is 6.23. The molecule has 1 heterocycles. The van der Waals surface area contributed by atoms with E-state index in [1.807, 2.05) is 0 Å². The molecule has 0 aliphatic carbocycles. The number of aromatic hydroxyl groups is 1. The minimum Gasteiger partial charge on any atom is -0.502 e. The number of carbonyl (C=O) groups is 1. The van der Waals surface area contributed by atoms with Crippen molar-refractivity contribution < 1.29 is 23.8 Å². The van der Waals surface area contributed by atoms with E-state index in [1.54, 1.807) is 18.2 Å². The molecule has 0 aliphatic heterocycles. The van der Waals surface area contributed by atoms with Gasteiger partial charge in [-0.15, -0.1) is 0 Å². The van der Waals surface area contributed by atoms with Crippen molar-refractivity contribution >= 4 is 28.1 Å². The van der Waals surface area contributed by atoms with Crippen LogP contribution in [0.2, 0.25) is 0 Å². The Hall–Kier alpha value is -2.48. The number of nitrogens with one attached hydrogen (secondary N) is 1. The minimum atomic E-state index is -0.486. The molecule has 2 aromatic rings. The number of hydrazone groups is 1. The number of hydrogen-bond acceptors (Lipinski definition) is 6. The minimum absolute atomic E-state index is 0.105. The molecule has 0 radical (unpaired) electrons. The first-order valence-electron chi connectivity index (χ1n) is 6.09. The molecule has 116 valence electrons. The van der Waals surface area contributed by atoms with Crippen LogP contribution in [0.1, 0.15) is 16.1 Å². The second kappa shape index (κ2) is 6.99. The lowest BCUT2D eigenvalue weighted by Crippen LogP contribution is -2.16. The number of amides is 1. The first kappa shape index (κ1) is 15.9. The van der Waals surface area contributed by atoms with Gasteiger partial charge in [0.05, 0.1) is 20.4 Å². The van der Waals surface area contributed by atoms with Crippen LogP contribution in [-0.2, 0) is 0 Å². The van der Waals surface area contributed by atoms with Gasteiger partial charge in [-0.25, -0.2) is 5.43 Å². The van der Waals surface area contributed by atoms with E-state index in [0.717, 1.165) is 0 Å². The van der Waals surface area contributed by atoms with E-state index in [2.05, 4.69) is 26.5 Å². The Labute approximate surface area is 134 Å². The maximum Gasteiger partial charge on any atom is 0.307 e. The summed E-state index contributed by atoms with van der Waals surface area (Å²) in [6.45, 7) is 0. The predicted molar refractivity (Wildman–Crippen MR) is 82.7 cm³/mol. The average molecular weight is 369 g/mol. The zero-order valence-electron chi connectivity index (χ0n) is 11.8. The summed E-state index contributed by atoms with van der Waals surface area (Å²) >= 11 is 3.11. The molecule has 0 fully saturated rings. The normalized spacial score (nSPS) is 10.7. The van der Waals surface area contributed by atoms with Gasteiger partial charge in [0.2, 0.25) is 5.75 Å². The molecule has 2 N–H and O–H groups in total. The number of hydrogen-bond donors (Lipinski definition) is 2. The average Bonchev–Trinajstić information content (AvgIpc) is 2.95. The second-order valence-electron chi connectivity index (χ2n) is 4.08. The van der Waals surface area contributed by atoms with Crippen molar-refractivity contribution in [3.05, 3.63) is 40.3 Å². The van der Waals surface area contributed by atoms with Crippen molar-refractivity contribution in [1.82, 2.24) is 5.43 Å². The second-order valence-corrected chi connectivity index (χ2v) is 4.86.